The van der Waals surface area contributed by atoms with E-state index in [1.165, 1.54) is 30.6 Å². The summed E-state index contributed by atoms with van der Waals surface area (Å²) >= 11 is 7.71. The third-order valence-corrected chi connectivity index (χ3v) is 3.83. The molecule has 1 rings (SSSR count). The van der Waals surface area contributed by atoms with E-state index in [4.69, 9.17) is 11.6 Å². The molecule has 0 aliphatic heterocycles. The topological polar surface area (TPSA) is 12.0 Å². The third kappa shape index (κ3) is 7.69. The summed E-state index contributed by atoms with van der Waals surface area (Å²) in [6, 6.07) is 8.05. The molecular weight excluding hydrogens is 250 g/mol. The van der Waals surface area contributed by atoms with Gasteiger partial charge in [-0.3, -0.25) is 0 Å². The van der Waals surface area contributed by atoms with Gasteiger partial charge >= 0.3 is 0 Å². The van der Waals surface area contributed by atoms with E-state index >= 15 is 0 Å². The summed E-state index contributed by atoms with van der Waals surface area (Å²) in [5, 5.41) is 4.29. The minimum Gasteiger partial charge on any atom is -0.316 e. The van der Waals surface area contributed by atoms with Gasteiger partial charge in [0.05, 0.1) is 0 Å². The van der Waals surface area contributed by atoms with Gasteiger partial charge in [0.15, 0.2) is 0 Å². The van der Waals surface area contributed by atoms with Crippen LogP contribution in [0.5, 0.6) is 0 Å². The van der Waals surface area contributed by atoms with E-state index in [1.54, 1.807) is 0 Å². The van der Waals surface area contributed by atoms with Crippen LogP contribution in [-0.2, 0) is 0 Å². The first-order valence-electron chi connectivity index (χ1n) is 6.42. The SMILES string of the molecule is CCCCCCNCCSc1ccc(Cl)cc1. The van der Waals surface area contributed by atoms with Crippen LogP contribution in [0.2, 0.25) is 5.02 Å². The van der Waals surface area contributed by atoms with Gasteiger partial charge < -0.3 is 5.32 Å². The van der Waals surface area contributed by atoms with Crippen LogP contribution in [0, 0.1) is 0 Å². The van der Waals surface area contributed by atoms with Crippen LogP contribution in [-0.4, -0.2) is 18.8 Å². The summed E-state index contributed by atoms with van der Waals surface area (Å²) in [5.74, 6) is 1.12. The Balaban J connectivity index is 1.95. The van der Waals surface area contributed by atoms with E-state index in [1.807, 2.05) is 23.9 Å². The fraction of sp³-hybridized carbons (Fsp3) is 0.571. The Labute approximate surface area is 114 Å². The molecule has 1 aromatic rings. The maximum absolute atomic E-state index is 5.83. The fourth-order valence-corrected chi connectivity index (χ4v) is 2.51. The van der Waals surface area contributed by atoms with Crippen molar-refractivity contribution in [1.82, 2.24) is 5.32 Å². The molecule has 1 aromatic carbocycles. The third-order valence-electron chi connectivity index (χ3n) is 2.57. The number of halogens is 1. The summed E-state index contributed by atoms with van der Waals surface area (Å²) in [6.45, 7) is 4.48. The maximum Gasteiger partial charge on any atom is 0.0406 e. The molecule has 0 amide bonds. The van der Waals surface area contributed by atoms with E-state index in [0.29, 0.717) is 0 Å². The summed E-state index contributed by atoms with van der Waals surface area (Å²) in [7, 11) is 0. The largest absolute Gasteiger partial charge is 0.316 e. The van der Waals surface area contributed by atoms with Crippen LogP contribution in [0.25, 0.3) is 0 Å². The van der Waals surface area contributed by atoms with Gasteiger partial charge in [-0.25, -0.2) is 0 Å². The number of hydrogen-bond acceptors (Lipinski definition) is 2. The average Bonchev–Trinajstić information content (AvgIpc) is 2.35. The molecule has 1 nitrogen and oxygen atoms in total. The first-order chi connectivity index (χ1) is 8.33. The van der Waals surface area contributed by atoms with Gasteiger partial charge in [-0.2, -0.15) is 0 Å². The molecule has 0 fully saturated rings. The smallest absolute Gasteiger partial charge is 0.0406 e. The molecular formula is C14H22ClNS. The first-order valence-corrected chi connectivity index (χ1v) is 7.78. The summed E-state index contributed by atoms with van der Waals surface area (Å²) in [4.78, 5) is 1.29. The minimum absolute atomic E-state index is 0.809. The van der Waals surface area contributed by atoms with Crippen molar-refractivity contribution < 1.29 is 0 Å². The molecule has 17 heavy (non-hydrogen) atoms. The van der Waals surface area contributed by atoms with Crippen molar-refractivity contribution in [3.8, 4) is 0 Å². The maximum atomic E-state index is 5.83. The number of hydrogen-bond donors (Lipinski definition) is 1. The van der Waals surface area contributed by atoms with Crippen LogP contribution in [0.3, 0.4) is 0 Å². The zero-order chi connectivity index (χ0) is 12.3. The molecule has 0 saturated heterocycles. The predicted molar refractivity (Wildman–Crippen MR) is 79.2 cm³/mol. The zero-order valence-electron chi connectivity index (χ0n) is 10.5. The van der Waals surface area contributed by atoms with E-state index < -0.39 is 0 Å². The molecule has 0 unspecified atom stereocenters. The fourth-order valence-electron chi connectivity index (χ4n) is 1.57. The number of benzene rings is 1. The van der Waals surface area contributed by atoms with Gasteiger partial charge in [0.25, 0.3) is 0 Å². The van der Waals surface area contributed by atoms with Gasteiger partial charge in [0.2, 0.25) is 0 Å². The van der Waals surface area contributed by atoms with E-state index in [9.17, 15) is 0 Å². The van der Waals surface area contributed by atoms with Crippen molar-refractivity contribution in [2.75, 3.05) is 18.8 Å². The highest BCUT2D eigenvalue weighted by Gasteiger charge is 1.94. The highest BCUT2D eigenvalue weighted by molar-refractivity contribution is 7.99. The molecule has 0 atom stereocenters. The Kier molecular flexibility index (Phi) is 8.59. The lowest BCUT2D eigenvalue weighted by molar-refractivity contribution is 0.613. The van der Waals surface area contributed by atoms with Crippen molar-refractivity contribution in [2.24, 2.45) is 0 Å². The Morgan fingerprint density at radius 2 is 1.82 bits per heavy atom. The quantitative estimate of drug-likeness (QED) is 0.520. The van der Waals surface area contributed by atoms with Gasteiger partial charge in [-0.15, -0.1) is 11.8 Å². The molecule has 3 heteroatoms. The lowest BCUT2D eigenvalue weighted by atomic mass is 10.2. The Morgan fingerprint density at radius 3 is 2.53 bits per heavy atom. The molecule has 0 bridgehead atoms. The normalized spacial score (nSPS) is 10.7. The molecule has 0 heterocycles. The molecule has 96 valence electrons. The second-order valence-corrected chi connectivity index (χ2v) is 5.72. The standard InChI is InChI=1S/C14H22ClNS/c1-2-3-4-5-10-16-11-12-17-14-8-6-13(15)7-9-14/h6-9,16H,2-5,10-12H2,1H3. The highest BCUT2D eigenvalue weighted by Crippen LogP contribution is 2.19. The molecule has 0 spiro atoms. The average molecular weight is 272 g/mol. The first kappa shape index (κ1) is 14.9. The second kappa shape index (κ2) is 9.81. The van der Waals surface area contributed by atoms with E-state index in [-0.39, 0.29) is 0 Å². The van der Waals surface area contributed by atoms with Crippen LogP contribution >= 0.6 is 23.4 Å². The van der Waals surface area contributed by atoms with Crippen molar-refractivity contribution in [1.29, 1.82) is 0 Å². The highest BCUT2D eigenvalue weighted by atomic mass is 35.5. The lowest BCUT2D eigenvalue weighted by Crippen LogP contribution is -2.18. The predicted octanol–water partition coefficient (Wildman–Crippen LogP) is 4.60. The minimum atomic E-state index is 0.809. The molecule has 0 aliphatic carbocycles. The lowest BCUT2D eigenvalue weighted by Gasteiger charge is -2.04. The van der Waals surface area contributed by atoms with Crippen LogP contribution < -0.4 is 5.32 Å². The second-order valence-electron chi connectivity index (χ2n) is 4.11. The number of nitrogens with one attached hydrogen (secondary N) is 1. The molecule has 1 N–H and O–H groups in total. The Morgan fingerprint density at radius 1 is 1.06 bits per heavy atom. The summed E-state index contributed by atoms with van der Waals surface area (Å²) in [5.41, 5.74) is 0. The van der Waals surface area contributed by atoms with Gasteiger partial charge in [0, 0.05) is 22.2 Å². The van der Waals surface area contributed by atoms with E-state index in [2.05, 4.69) is 24.4 Å². The van der Waals surface area contributed by atoms with Crippen LogP contribution in [0.1, 0.15) is 32.6 Å². The Bertz CT molecular complexity index is 287. The van der Waals surface area contributed by atoms with Crippen LogP contribution in [0.4, 0.5) is 0 Å². The zero-order valence-corrected chi connectivity index (χ0v) is 12.1. The van der Waals surface area contributed by atoms with Crippen molar-refractivity contribution >= 4 is 23.4 Å². The van der Waals surface area contributed by atoms with Gasteiger partial charge in [0.1, 0.15) is 0 Å². The monoisotopic (exact) mass is 271 g/mol. The Hall–Kier alpha value is -0.180. The van der Waals surface area contributed by atoms with Crippen LogP contribution in [0.15, 0.2) is 29.2 Å². The molecule has 0 aliphatic rings. The molecule has 0 radical (unpaired) electrons. The number of rotatable bonds is 9. The number of thioether (sulfide) groups is 1. The van der Waals surface area contributed by atoms with Crippen molar-refractivity contribution in [2.45, 2.75) is 37.5 Å². The van der Waals surface area contributed by atoms with E-state index in [0.717, 1.165) is 23.9 Å². The number of unbranched alkanes of at least 4 members (excludes halogenated alkanes) is 3. The molecule has 0 saturated carbocycles. The van der Waals surface area contributed by atoms with Crippen molar-refractivity contribution in [3.63, 3.8) is 0 Å². The summed E-state index contributed by atoms with van der Waals surface area (Å²) in [6.07, 6.45) is 5.33. The molecule has 0 aromatic heterocycles. The van der Waals surface area contributed by atoms with Crippen molar-refractivity contribution in [3.05, 3.63) is 29.3 Å². The van der Waals surface area contributed by atoms with Gasteiger partial charge in [-0.05, 0) is 37.2 Å². The summed E-state index contributed by atoms with van der Waals surface area (Å²) < 4.78 is 0. The van der Waals surface area contributed by atoms with Gasteiger partial charge in [-0.1, -0.05) is 37.8 Å².